The highest BCUT2D eigenvalue weighted by Crippen LogP contribution is 2.24. The molecule has 2 aromatic rings. The number of hydrogen-bond acceptors (Lipinski definition) is 4. The molecule has 0 atom stereocenters. The zero-order valence-electron chi connectivity index (χ0n) is 12.9. The van der Waals surface area contributed by atoms with Gasteiger partial charge in [0.05, 0.1) is 12.2 Å². The van der Waals surface area contributed by atoms with E-state index in [0.29, 0.717) is 27.0 Å². The van der Waals surface area contributed by atoms with E-state index in [0.717, 1.165) is 4.31 Å². The number of rotatable bonds is 6. The summed E-state index contributed by atoms with van der Waals surface area (Å²) in [6.07, 6.45) is 0. The largest absolute Gasteiger partial charge is 0.492 e. The summed E-state index contributed by atoms with van der Waals surface area (Å²) in [6, 6.07) is 10.6. The second-order valence-corrected chi connectivity index (χ2v) is 6.18. The quantitative estimate of drug-likeness (QED) is 0.512. The minimum atomic E-state index is -0.542. The van der Waals surface area contributed by atoms with Crippen LogP contribution in [0.15, 0.2) is 42.5 Å². The average molecular weight is 400 g/mol. The van der Waals surface area contributed by atoms with Crippen LogP contribution in [0.1, 0.15) is 10.4 Å². The summed E-state index contributed by atoms with van der Waals surface area (Å²) in [5.41, 5.74) is 6.01. The molecule has 0 bridgehead atoms. The van der Waals surface area contributed by atoms with Crippen LogP contribution in [0.25, 0.3) is 0 Å². The van der Waals surface area contributed by atoms with E-state index in [4.69, 9.17) is 33.7 Å². The van der Waals surface area contributed by atoms with E-state index in [1.165, 1.54) is 12.1 Å². The molecule has 2 aromatic carbocycles. The maximum atomic E-state index is 12.0. The molecule has 0 saturated carbocycles. The van der Waals surface area contributed by atoms with Gasteiger partial charge in [0, 0.05) is 15.6 Å². The van der Waals surface area contributed by atoms with Crippen LogP contribution in [0.2, 0.25) is 10.0 Å². The second-order valence-electron chi connectivity index (χ2n) is 4.91. The molecule has 0 spiro atoms. The van der Waals surface area contributed by atoms with Crippen molar-refractivity contribution in [1.82, 2.24) is 5.32 Å². The van der Waals surface area contributed by atoms with E-state index in [1.807, 2.05) is 0 Å². The van der Waals surface area contributed by atoms with Gasteiger partial charge in [-0.15, -0.1) is 0 Å². The number of primary amides is 1. The van der Waals surface area contributed by atoms with Crippen molar-refractivity contribution >= 4 is 53.6 Å². The Kier molecular flexibility index (Phi) is 6.81. The van der Waals surface area contributed by atoms with Crippen LogP contribution < -0.4 is 20.1 Å². The second kappa shape index (κ2) is 8.84. The van der Waals surface area contributed by atoms with Crippen molar-refractivity contribution in [2.24, 2.45) is 5.73 Å². The van der Waals surface area contributed by atoms with Crippen molar-refractivity contribution in [3.63, 3.8) is 0 Å². The number of anilines is 1. The van der Waals surface area contributed by atoms with Crippen molar-refractivity contribution in [1.29, 1.82) is 0 Å². The number of amides is 3. The number of benzene rings is 2. The SMILES string of the molecule is NC(=O)c1ccc(N(S)C(=O)NCCOc2cc(Cl)cc(Cl)c2)cc1. The van der Waals surface area contributed by atoms with Gasteiger partial charge in [-0.2, -0.15) is 0 Å². The first-order valence-corrected chi connectivity index (χ1v) is 8.28. The fourth-order valence-corrected chi connectivity index (χ4v) is 2.61. The number of nitrogens with two attached hydrogens (primary N) is 1. The molecule has 6 nitrogen and oxygen atoms in total. The topological polar surface area (TPSA) is 84.7 Å². The summed E-state index contributed by atoms with van der Waals surface area (Å²) in [6.45, 7) is 0.476. The number of ether oxygens (including phenoxy) is 1. The smallest absolute Gasteiger partial charge is 0.332 e. The molecule has 0 saturated heterocycles. The minimum absolute atomic E-state index is 0.227. The highest BCUT2D eigenvalue weighted by Gasteiger charge is 2.12. The normalized spacial score (nSPS) is 10.2. The van der Waals surface area contributed by atoms with Gasteiger partial charge in [-0.3, -0.25) is 4.79 Å². The van der Waals surface area contributed by atoms with E-state index in [2.05, 4.69) is 18.1 Å². The van der Waals surface area contributed by atoms with Crippen LogP contribution in [0.4, 0.5) is 10.5 Å². The molecule has 25 heavy (non-hydrogen) atoms. The maximum absolute atomic E-state index is 12.0. The van der Waals surface area contributed by atoms with Crippen LogP contribution in [-0.2, 0) is 0 Å². The van der Waals surface area contributed by atoms with E-state index < -0.39 is 11.9 Å². The van der Waals surface area contributed by atoms with E-state index >= 15 is 0 Å². The predicted octanol–water partition coefficient (Wildman–Crippen LogP) is 3.53. The van der Waals surface area contributed by atoms with E-state index in [9.17, 15) is 9.59 Å². The van der Waals surface area contributed by atoms with E-state index in [-0.39, 0.29) is 13.2 Å². The number of nitrogens with zero attached hydrogens (tertiary/aromatic N) is 1. The molecule has 0 aliphatic carbocycles. The lowest BCUT2D eigenvalue weighted by Crippen LogP contribution is -2.36. The molecular formula is C16H15Cl2N3O3S. The third kappa shape index (κ3) is 5.74. The van der Waals surface area contributed by atoms with Crippen molar-refractivity contribution in [3.8, 4) is 5.75 Å². The summed E-state index contributed by atoms with van der Waals surface area (Å²) in [7, 11) is 0. The van der Waals surface area contributed by atoms with Gasteiger partial charge in [0.2, 0.25) is 5.91 Å². The standard InChI is InChI=1S/C16H15Cl2N3O3S/c17-11-7-12(18)9-14(8-11)24-6-5-20-16(23)21(25)13-3-1-10(2-4-13)15(19)22/h1-4,7-9,25H,5-6H2,(H2,19,22)(H,20,23). The molecule has 3 amide bonds. The number of thiol groups is 1. The Morgan fingerprint density at radius 2 is 1.72 bits per heavy atom. The Hall–Kier alpha value is -2.09. The first-order valence-electron chi connectivity index (χ1n) is 7.12. The van der Waals surface area contributed by atoms with Crippen LogP contribution >= 0.6 is 36.0 Å². The van der Waals surface area contributed by atoms with Crippen molar-refractivity contribution in [3.05, 3.63) is 58.1 Å². The van der Waals surface area contributed by atoms with Gasteiger partial charge < -0.3 is 15.8 Å². The lowest BCUT2D eigenvalue weighted by atomic mass is 10.2. The van der Waals surface area contributed by atoms with Crippen LogP contribution in [0, 0.1) is 0 Å². The lowest BCUT2D eigenvalue weighted by molar-refractivity contribution is 0.100. The van der Waals surface area contributed by atoms with Gasteiger partial charge in [-0.05, 0) is 42.5 Å². The number of nitrogens with one attached hydrogen (secondary N) is 1. The number of hydrogen-bond donors (Lipinski definition) is 3. The van der Waals surface area contributed by atoms with Crippen molar-refractivity contribution < 1.29 is 14.3 Å². The molecule has 2 rings (SSSR count). The van der Waals surface area contributed by atoms with Gasteiger partial charge >= 0.3 is 6.03 Å². The molecule has 0 fully saturated rings. The maximum Gasteiger partial charge on any atom is 0.332 e. The Bertz CT molecular complexity index is 751. The highest BCUT2D eigenvalue weighted by atomic mass is 35.5. The predicted molar refractivity (Wildman–Crippen MR) is 102 cm³/mol. The average Bonchev–Trinajstić information content (AvgIpc) is 2.57. The fraction of sp³-hybridized carbons (Fsp3) is 0.125. The molecule has 9 heteroatoms. The molecule has 132 valence electrons. The van der Waals surface area contributed by atoms with Gasteiger partial charge in [-0.25, -0.2) is 9.10 Å². The summed E-state index contributed by atoms with van der Waals surface area (Å²) in [5.74, 6) is -0.0310. The first kappa shape index (κ1) is 19.2. The Morgan fingerprint density at radius 3 is 2.28 bits per heavy atom. The summed E-state index contributed by atoms with van der Waals surface area (Å²) in [4.78, 5) is 23.1. The molecule has 0 aliphatic heterocycles. The number of halogens is 2. The monoisotopic (exact) mass is 399 g/mol. The first-order chi connectivity index (χ1) is 11.9. The molecule has 0 radical (unpaired) electrons. The van der Waals surface area contributed by atoms with Gasteiger partial charge in [0.15, 0.2) is 0 Å². The van der Waals surface area contributed by atoms with Gasteiger partial charge in [-0.1, -0.05) is 36.0 Å². The van der Waals surface area contributed by atoms with Crippen LogP contribution in [0.5, 0.6) is 5.75 Å². The van der Waals surface area contributed by atoms with Crippen LogP contribution in [-0.4, -0.2) is 25.1 Å². The van der Waals surface area contributed by atoms with Crippen molar-refractivity contribution in [2.45, 2.75) is 0 Å². The van der Waals surface area contributed by atoms with Crippen LogP contribution in [0.3, 0.4) is 0 Å². The number of carbonyl (C=O) groups excluding carboxylic acids is 2. The number of urea groups is 1. The third-order valence-corrected chi connectivity index (χ3v) is 3.92. The molecular weight excluding hydrogens is 385 g/mol. The summed E-state index contributed by atoms with van der Waals surface area (Å²) < 4.78 is 6.58. The fourth-order valence-electron chi connectivity index (χ4n) is 1.90. The molecule has 0 aromatic heterocycles. The van der Waals surface area contributed by atoms with Gasteiger partial charge in [0.1, 0.15) is 12.4 Å². The Balaban J connectivity index is 1.82. The minimum Gasteiger partial charge on any atom is -0.492 e. The molecule has 3 N–H and O–H groups in total. The zero-order chi connectivity index (χ0) is 18.4. The molecule has 0 aliphatic rings. The number of carbonyl (C=O) groups is 2. The summed E-state index contributed by atoms with van der Waals surface area (Å²) in [5, 5.41) is 3.58. The van der Waals surface area contributed by atoms with Gasteiger partial charge in [0.25, 0.3) is 0 Å². The molecule has 0 unspecified atom stereocenters. The van der Waals surface area contributed by atoms with Crippen molar-refractivity contribution in [2.75, 3.05) is 17.5 Å². The lowest BCUT2D eigenvalue weighted by Gasteiger charge is -2.17. The third-order valence-electron chi connectivity index (χ3n) is 3.07. The molecule has 0 heterocycles. The summed E-state index contributed by atoms with van der Waals surface area (Å²) >= 11 is 15.9. The Labute approximate surface area is 160 Å². The van der Waals surface area contributed by atoms with E-state index in [1.54, 1.807) is 30.3 Å². The zero-order valence-corrected chi connectivity index (χ0v) is 15.3. The Morgan fingerprint density at radius 1 is 1.12 bits per heavy atom. The highest BCUT2D eigenvalue weighted by molar-refractivity contribution is 7.82.